The number of carbonyl (C=O) groups is 2. The maximum atomic E-state index is 13.2. The minimum atomic E-state index is -5.08. The summed E-state index contributed by atoms with van der Waals surface area (Å²) in [7, 11) is 0.422. The fraction of sp³-hybridized carbons (Fsp3) is 0.588. The average Bonchev–Trinajstić information content (AvgIpc) is 3.04. The van der Waals surface area contributed by atoms with E-state index in [1.165, 1.54) is 44.6 Å². The quantitative estimate of drug-likeness (QED) is 0.110. The molecule has 1 aliphatic heterocycles. The minimum Gasteiger partial charge on any atom is -0.490 e. The van der Waals surface area contributed by atoms with Gasteiger partial charge in [0.25, 0.3) is 0 Å². The predicted octanol–water partition coefficient (Wildman–Crippen LogP) is 8.96. The zero-order chi connectivity index (χ0) is 35.2. The number of amides is 1. The molecule has 0 radical (unpaired) electrons. The summed E-state index contributed by atoms with van der Waals surface area (Å²) in [6.45, 7) is 10.7. The maximum absolute atomic E-state index is 13.2. The summed E-state index contributed by atoms with van der Waals surface area (Å²) in [6.07, 6.45) is 10.2. The van der Waals surface area contributed by atoms with E-state index >= 15 is 0 Å². The Bertz CT molecular complexity index is 1180. The van der Waals surface area contributed by atoms with Crippen molar-refractivity contribution in [2.24, 2.45) is 0 Å². The SMILES string of the molecule is CCCCP(CCCC)CCCC.Cc1c(NC(=O)CNc2ccc(F)c(F)c2)cccc1OC1CCNCC1.O=C(O)C(F)(F)F. The van der Waals surface area contributed by atoms with Crippen molar-refractivity contribution in [1.82, 2.24) is 5.32 Å². The van der Waals surface area contributed by atoms with E-state index < -0.39 is 23.8 Å². The summed E-state index contributed by atoms with van der Waals surface area (Å²) in [5.41, 5.74) is 1.86. The number of nitrogens with one attached hydrogen (secondary N) is 3. The van der Waals surface area contributed by atoms with Crippen LogP contribution in [0.5, 0.6) is 5.75 Å². The fourth-order valence-corrected chi connectivity index (χ4v) is 7.39. The first kappa shape index (κ1) is 42.0. The Morgan fingerprint density at radius 1 is 0.936 bits per heavy atom. The van der Waals surface area contributed by atoms with Gasteiger partial charge in [0.15, 0.2) is 11.6 Å². The number of halogens is 5. The highest BCUT2D eigenvalue weighted by atomic mass is 31.1. The van der Waals surface area contributed by atoms with Crippen molar-refractivity contribution in [3.05, 3.63) is 53.6 Å². The highest BCUT2D eigenvalue weighted by Gasteiger charge is 2.38. The van der Waals surface area contributed by atoms with E-state index in [9.17, 15) is 26.7 Å². The van der Waals surface area contributed by atoms with Gasteiger partial charge in [0.1, 0.15) is 11.9 Å². The van der Waals surface area contributed by atoms with Crippen LogP contribution in [0.25, 0.3) is 0 Å². The van der Waals surface area contributed by atoms with Crippen LogP contribution in [0.2, 0.25) is 0 Å². The summed E-state index contributed by atoms with van der Waals surface area (Å²) < 4.78 is 64.0. The molecule has 2 aromatic rings. The number of hydrogen-bond donors (Lipinski definition) is 4. The first-order chi connectivity index (χ1) is 22.3. The van der Waals surface area contributed by atoms with Crippen LogP contribution in [0.4, 0.5) is 33.3 Å². The Hall–Kier alpha value is -2.98. The predicted molar refractivity (Wildman–Crippen MR) is 181 cm³/mol. The Labute approximate surface area is 277 Å². The molecule has 1 heterocycles. The molecule has 1 fully saturated rings. The second-order valence-corrected chi connectivity index (χ2v) is 13.9. The van der Waals surface area contributed by atoms with E-state index in [4.69, 9.17) is 14.6 Å². The summed E-state index contributed by atoms with van der Waals surface area (Å²) in [5.74, 6) is -4.17. The molecule has 0 spiro atoms. The lowest BCUT2D eigenvalue weighted by molar-refractivity contribution is -0.192. The van der Waals surface area contributed by atoms with Gasteiger partial charge in [-0.05, 0) is 94.9 Å². The van der Waals surface area contributed by atoms with Gasteiger partial charge in [0, 0.05) is 23.0 Å². The van der Waals surface area contributed by atoms with E-state index in [-0.39, 0.29) is 18.6 Å². The van der Waals surface area contributed by atoms with Gasteiger partial charge in [-0.25, -0.2) is 13.6 Å². The van der Waals surface area contributed by atoms with E-state index in [1.807, 2.05) is 19.1 Å². The lowest BCUT2D eigenvalue weighted by atomic mass is 10.1. The van der Waals surface area contributed by atoms with E-state index in [0.717, 1.165) is 49.4 Å². The van der Waals surface area contributed by atoms with Crippen molar-refractivity contribution in [3.8, 4) is 5.75 Å². The van der Waals surface area contributed by atoms with Gasteiger partial charge in [0.2, 0.25) is 5.91 Å². The molecule has 1 saturated heterocycles. The van der Waals surface area contributed by atoms with Crippen LogP contribution in [-0.2, 0) is 9.59 Å². The number of carboxylic acid groups (broad SMARTS) is 1. The third-order valence-corrected chi connectivity index (χ3v) is 10.1. The van der Waals surface area contributed by atoms with Gasteiger partial charge in [-0.3, -0.25) is 4.79 Å². The first-order valence-electron chi connectivity index (χ1n) is 16.3. The zero-order valence-corrected chi connectivity index (χ0v) is 28.8. The van der Waals surface area contributed by atoms with Gasteiger partial charge in [-0.1, -0.05) is 46.1 Å². The lowest BCUT2D eigenvalue weighted by Gasteiger charge is -2.25. The lowest BCUT2D eigenvalue weighted by Crippen LogP contribution is -2.34. The molecule has 2 aromatic carbocycles. The smallest absolute Gasteiger partial charge is 0.490 e. The largest absolute Gasteiger partial charge is 0.490 e. The Morgan fingerprint density at radius 3 is 1.98 bits per heavy atom. The number of rotatable bonds is 15. The normalized spacial score (nSPS) is 13.1. The number of benzene rings is 2. The Balaban J connectivity index is 0.000000459. The van der Waals surface area contributed by atoms with Gasteiger partial charge >= 0.3 is 12.1 Å². The third kappa shape index (κ3) is 18.2. The Kier molecular flexibility index (Phi) is 20.9. The van der Waals surface area contributed by atoms with Crippen LogP contribution >= 0.6 is 7.92 Å². The maximum Gasteiger partial charge on any atom is 0.490 e. The van der Waals surface area contributed by atoms with Gasteiger partial charge in [0.05, 0.1) is 6.54 Å². The molecule has 0 atom stereocenters. The topological polar surface area (TPSA) is 99.7 Å². The van der Waals surface area contributed by atoms with Gasteiger partial charge in [-0.15, -0.1) is 7.92 Å². The molecule has 1 aliphatic rings. The van der Waals surface area contributed by atoms with Crippen LogP contribution in [0.3, 0.4) is 0 Å². The number of alkyl halides is 3. The number of hydrogen-bond acceptors (Lipinski definition) is 5. The summed E-state index contributed by atoms with van der Waals surface area (Å²) >= 11 is 0. The second-order valence-electron chi connectivity index (χ2n) is 11.2. The highest BCUT2D eigenvalue weighted by Crippen LogP contribution is 2.38. The molecule has 0 aromatic heterocycles. The highest BCUT2D eigenvalue weighted by molar-refractivity contribution is 7.57. The standard InChI is InChI=1S/C20H23F2N3O2.C12H27P.C2HF3O2/c1-13-18(3-2-4-19(13)27-15-7-9-23-10-8-15)25-20(26)12-24-14-5-6-16(21)17(22)11-14;1-4-7-10-13(11-8-5-2)12-9-6-3;3-2(4,5)1(6)7/h2-6,11,15,23-24H,7-10,12H2,1H3,(H,25,26);4-12H2,1-3H3;(H,6,7). The van der Waals surface area contributed by atoms with Crippen LogP contribution in [0.1, 0.15) is 77.7 Å². The molecule has 13 heteroatoms. The molecule has 7 nitrogen and oxygen atoms in total. The van der Waals surface area contributed by atoms with Crippen LogP contribution in [0.15, 0.2) is 36.4 Å². The van der Waals surface area contributed by atoms with Gasteiger partial charge in [-0.2, -0.15) is 13.2 Å². The van der Waals surface area contributed by atoms with Crippen LogP contribution in [0, 0.1) is 18.6 Å². The third-order valence-electron chi connectivity index (χ3n) is 7.24. The number of piperidine rings is 1. The summed E-state index contributed by atoms with van der Waals surface area (Å²) in [6, 6.07) is 8.95. The van der Waals surface area contributed by atoms with Crippen LogP contribution in [-0.4, -0.2) is 67.4 Å². The van der Waals surface area contributed by atoms with E-state index in [0.29, 0.717) is 19.3 Å². The molecular weight excluding hydrogens is 640 g/mol. The molecular formula is C34H51F5N3O4P. The molecule has 3 rings (SSSR count). The molecule has 4 N–H and O–H groups in total. The molecule has 47 heavy (non-hydrogen) atoms. The summed E-state index contributed by atoms with van der Waals surface area (Å²) in [5, 5.41) is 16.0. The van der Waals surface area contributed by atoms with E-state index in [1.54, 1.807) is 24.6 Å². The average molecular weight is 692 g/mol. The van der Waals surface area contributed by atoms with Crippen LogP contribution < -0.4 is 20.7 Å². The minimum absolute atomic E-state index is 0.0656. The molecule has 0 unspecified atom stereocenters. The van der Waals surface area contributed by atoms with Gasteiger partial charge < -0.3 is 25.8 Å². The molecule has 0 saturated carbocycles. The monoisotopic (exact) mass is 691 g/mol. The summed E-state index contributed by atoms with van der Waals surface area (Å²) in [4.78, 5) is 21.1. The van der Waals surface area contributed by atoms with Crippen molar-refractivity contribution in [3.63, 3.8) is 0 Å². The fourth-order valence-electron chi connectivity index (χ4n) is 4.43. The number of carbonyl (C=O) groups excluding carboxylic acids is 1. The number of aliphatic carboxylic acids is 1. The first-order valence-corrected chi connectivity index (χ1v) is 18.2. The number of anilines is 2. The number of unbranched alkanes of at least 4 members (excludes halogenated alkanes) is 3. The second kappa shape index (κ2) is 23.4. The van der Waals surface area contributed by atoms with Crippen molar-refractivity contribution in [1.29, 1.82) is 0 Å². The number of carboxylic acids is 1. The number of ether oxygens (including phenoxy) is 1. The van der Waals surface area contributed by atoms with Crippen molar-refractivity contribution in [2.75, 3.05) is 48.8 Å². The Morgan fingerprint density at radius 2 is 1.49 bits per heavy atom. The van der Waals surface area contributed by atoms with Crippen molar-refractivity contribution >= 4 is 31.2 Å². The van der Waals surface area contributed by atoms with Crippen molar-refractivity contribution < 1.29 is 41.4 Å². The molecule has 266 valence electrons. The zero-order valence-electron chi connectivity index (χ0n) is 27.9. The van der Waals surface area contributed by atoms with E-state index in [2.05, 4.69) is 36.7 Å². The van der Waals surface area contributed by atoms with Crippen molar-refractivity contribution in [2.45, 2.75) is 91.3 Å². The molecule has 0 bridgehead atoms. The molecule has 1 amide bonds. The molecule has 0 aliphatic carbocycles.